The Morgan fingerprint density at radius 2 is 1.63 bits per heavy atom. The van der Waals surface area contributed by atoms with Crippen LogP contribution in [0.1, 0.15) is 39.5 Å². The molecule has 198 valence electrons. The first-order valence-electron chi connectivity index (χ1n) is 13.3. The fraction of sp³-hybridized carbons (Fsp3) is 0.379. The molecule has 1 atom stereocenters. The van der Waals surface area contributed by atoms with Gasteiger partial charge in [0, 0.05) is 31.9 Å². The van der Waals surface area contributed by atoms with Crippen molar-refractivity contribution in [2.75, 3.05) is 31.5 Å². The Morgan fingerprint density at radius 3 is 2.24 bits per heavy atom. The number of piperidine rings is 1. The maximum Gasteiger partial charge on any atom is 0.321 e. The number of nitrogens with zero attached hydrogens (tertiary/aromatic N) is 4. The van der Waals surface area contributed by atoms with Crippen molar-refractivity contribution in [2.24, 2.45) is 5.92 Å². The molecule has 0 aliphatic carbocycles. The number of benzene rings is 1. The number of hydrogen-bond donors (Lipinski definition) is 1. The van der Waals surface area contributed by atoms with Crippen molar-refractivity contribution < 1.29 is 18.4 Å². The van der Waals surface area contributed by atoms with Crippen molar-refractivity contribution >= 4 is 28.7 Å². The molecule has 0 bridgehead atoms. The molecule has 1 N–H and O–H groups in total. The van der Waals surface area contributed by atoms with Crippen molar-refractivity contribution in [2.45, 2.75) is 39.5 Å². The van der Waals surface area contributed by atoms with Crippen LogP contribution < -0.4 is 5.32 Å². The van der Waals surface area contributed by atoms with Gasteiger partial charge in [-0.2, -0.15) is 0 Å². The number of hydrogen-bond acceptors (Lipinski definition) is 6. The largest absolute Gasteiger partial charge is 0.463 e. The second-order valence-electron chi connectivity index (χ2n) is 9.62. The molecule has 0 spiro atoms. The number of aromatic nitrogens is 2. The number of anilines is 1. The Balaban J connectivity index is 1.34. The van der Waals surface area contributed by atoms with Gasteiger partial charge in [-0.1, -0.05) is 13.8 Å². The van der Waals surface area contributed by atoms with Crippen LogP contribution in [-0.2, 0) is 4.79 Å². The van der Waals surface area contributed by atoms with Crippen LogP contribution in [0.15, 0.2) is 63.8 Å². The number of likely N-dealkylation sites (tertiary alicyclic amines) is 1. The predicted molar refractivity (Wildman–Crippen MR) is 145 cm³/mol. The quantitative estimate of drug-likeness (QED) is 0.307. The molecule has 3 amide bonds. The summed E-state index contributed by atoms with van der Waals surface area (Å²) >= 11 is 0. The summed E-state index contributed by atoms with van der Waals surface area (Å²) in [5.74, 6) is 1.16. The number of furan rings is 2. The number of amides is 3. The molecule has 3 aromatic heterocycles. The highest BCUT2D eigenvalue weighted by atomic mass is 16.3. The lowest BCUT2D eigenvalue weighted by Gasteiger charge is -2.35. The van der Waals surface area contributed by atoms with Crippen molar-refractivity contribution in [3.05, 3.63) is 55.0 Å². The molecule has 1 saturated heterocycles. The fourth-order valence-corrected chi connectivity index (χ4v) is 5.00. The van der Waals surface area contributed by atoms with Crippen molar-refractivity contribution in [3.63, 3.8) is 0 Å². The molecule has 4 aromatic rings. The minimum absolute atomic E-state index is 0.157. The molecule has 1 aliphatic heterocycles. The Kier molecular flexibility index (Phi) is 7.72. The third-order valence-electron chi connectivity index (χ3n) is 6.78. The van der Waals surface area contributed by atoms with Crippen LogP contribution in [0.25, 0.3) is 33.9 Å². The van der Waals surface area contributed by atoms with Gasteiger partial charge in [0.2, 0.25) is 5.91 Å². The highest BCUT2D eigenvalue weighted by Crippen LogP contribution is 2.32. The molecule has 9 nitrogen and oxygen atoms in total. The van der Waals surface area contributed by atoms with Gasteiger partial charge in [0.15, 0.2) is 11.5 Å². The van der Waals surface area contributed by atoms with Crippen LogP contribution in [0.3, 0.4) is 0 Å². The zero-order valence-electron chi connectivity index (χ0n) is 21.9. The topological polar surface area (TPSA) is 105 Å². The first-order chi connectivity index (χ1) is 18.6. The monoisotopic (exact) mass is 515 g/mol. The van der Waals surface area contributed by atoms with Gasteiger partial charge in [0.25, 0.3) is 0 Å². The first kappa shape index (κ1) is 25.5. The molecule has 1 aromatic carbocycles. The average Bonchev–Trinajstić information content (AvgIpc) is 3.67. The van der Waals surface area contributed by atoms with Gasteiger partial charge in [-0.3, -0.25) is 4.79 Å². The second kappa shape index (κ2) is 11.5. The summed E-state index contributed by atoms with van der Waals surface area (Å²) < 4.78 is 11.2. The van der Waals surface area contributed by atoms with Gasteiger partial charge in [-0.15, -0.1) is 0 Å². The van der Waals surface area contributed by atoms with E-state index in [2.05, 4.69) is 19.2 Å². The van der Waals surface area contributed by atoms with Crippen LogP contribution in [0.4, 0.5) is 10.5 Å². The molecule has 0 radical (unpaired) electrons. The van der Waals surface area contributed by atoms with E-state index in [1.807, 2.05) is 29.2 Å². The maximum absolute atomic E-state index is 13.2. The number of urea groups is 1. The third kappa shape index (κ3) is 5.41. The van der Waals surface area contributed by atoms with Gasteiger partial charge >= 0.3 is 6.03 Å². The predicted octanol–water partition coefficient (Wildman–Crippen LogP) is 6.04. The van der Waals surface area contributed by atoms with Crippen LogP contribution >= 0.6 is 0 Å². The van der Waals surface area contributed by atoms with Crippen LogP contribution in [0.2, 0.25) is 0 Å². The number of nitrogens with one attached hydrogen (secondary N) is 1. The highest BCUT2D eigenvalue weighted by molar-refractivity contribution is 5.93. The van der Waals surface area contributed by atoms with Crippen LogP contribution in [0.5, 0.6) is 0 Å². The smallest absolute Gasteiger partial charge is 0.321 e. The Morgan fingerprint density at radius 1 is 0.974 bits per heavy atom. The average molecular weight is 516 g/mol. The summed E-state index contributed by atoms with van der Waals surface area (Å²) in [4.78, 5) is 39.6. The maximum atomic E-state index is 13.2. The van der Waals surface area contributed by atoms with Crippen molar-refractivity contribution in [1.29, 1.82) is 0 Å². The zero-order valence-corrected chi connectivity index (χ0v) is 21.9. The minimum atomic E-state index is -0.217. The van der Waals surface area contributed by atoms with E-state index in [1.165, 1.54) is 0 Å². The molecule has 0 saturated carbocycles. The Hall–Kier alpha value is -4.14. The summed E-state index contributed by atoms with van der Waals surface area (Å²) in [6.45, 7) is 6.74. The summed E-state index contributed by atoms with van der Waals surface area (Å²) in [6.07, 6.45) is 6.66. The summed E-state index contributed by atoms with van der Waals surface area (Å²) in [5, 5.41) is 2.99. The number of carbonyl (C=O) groups excluding carboxylic acids is 2. The van der Waals surface area contributed by atoms with Gasteiger partial charge in [0.1, 0.15) is 11.4 Å². The van der Waals surface area contributed by atoms with Crippen molar-refractivity contribution in [3.8, 4) is 22.9 Å². The molecule has 4 heterocycles. The molecule has 1 fully saturated rings. The SMILES string of the molecule is CCCN(CCC)C(=O)C1CCCN(C(=O)Nc2ccc3nc(-c4ccco4)c(-c4ccco4)nc3c2)C1. The molecular formula is C29H33N5O4. The summed E-state index contributed by atoms with van der Waals surface area (Å²) in [6, 6.07) is 12.5. The van der Waals surface area contributed by atoms with E-state index < -0.39 is 0 Å². The van der Waals surface area contributed by atoms with E-state index in [0.29, 0.717) is 52.7 Å². The number of carbonyl (C=O) groups is 2. The lowest BCUT2D eigenvalue weighted by molar-refractivity contribution is -0.137. The zero-order chi connectivity index (χ0) is 26.5. The first-order valence-corrected chi connectivity index (χ1v) is 13.3. The van der Waals surface area contributed by atoms with Crippen molar-refractivity contribution in [1.82, 2.24) is 19.8 Å². The van der Waals surface area contributed by atoms with Gasteiger partial charge in [-0.25, -0.2) is 14.8 Å². The Bertz CT molecular complexity index is 1380. The van der Waals surface area contributed by atoms with Crippen LogP contribution in [0, 0.1) is 5.92 Å². The van der Waals surface area contributed by atoms with Gasteiger partial charge < -0.3 is 24.0 Å². The van der Waals surface area contributed by atoms with E-state index >= 15 is 0 Å². The molecule has 9 heteroatoms. The minimum Gasteiger partial charge on any atom is -0.463 e. The number of fused-ring (bicyclic) bond motifs is 1. The lowest BCUT2D eigenvalue weighted by atomic mass is 9.96. The lowest BCUT2D eigenvalue weighted by Crippen LogP contribution is -2.48. The van der Waals surface area contributed by atoms with E-state index in [-0.39, 0.29) is 17.9 Å². The molecule has 5 rings (SSSR count). The standard InChI is InChI=1S/C29H33N5O4/c1-3-13-33(14-4-2)28(35)20-8-5-15-34(19-20)29(36)30-21-11-12-22-23(18-21)32-27(25-10-7-17-38-25)26(31-22)24-9-6-16-37-24/h6-7,9-12,16-18,20H,3-5,8,13-15,19H2,1-2H3,(H,30,36). The molecule has 38 heavy (non-hydrogen) atoms. The van der Waals surface area contributed by atoms with E-state index in [4.69, 9.17) is 18.8 Å². The van der Waals surface area contributed by atoms with E-state index in [9.17, 15) is 9.59 Å². The van der Waals surface area contributed by atoms with E-state index in [0.717, 1.165) is 38.8 Å². The Labute approximate surface area is 221 Å². The molecule has 1 aliphatic rings. The molecular weight excluding hydrogens is 482 g/mol. The molecule has 1 unspecified atom stereocenters. The van der Waals surface area contributed by atoms with Gasteiger partial charge in [-0.05, 0) is 68.1 Å². The summed E-state index contributed by atoms with van der Waals surface area (Å²) in [7, 11) is 0. The third-order valence-corrected chi connectivity index (χ3v) is 6.78. The normalized spacial score (nSPS) is 15.5. The fourth-order valence-electron chi connectivity index (χ4n) is 5.00. The second-order valence-corrected chi connectivity index (χ2v) is 9.62. The van der Waals surface area contributed by atoms with Crippen LogP contribution in [-0.4, -0.2) is 57.9 Å². The number of rotatable bonds is 8. The summed E-state index contributed by atoms with van der Waals surface area (Å²) in [5.41, 5.74) is 3.03. The van der Waals surface area contributed by atoms with E-state index in [1.54, 1.807) is 35.6 Å². The highest BCUT2D eigenvalue weighted by Gasteiger charge is 2.31. The van der Waals surface area contributed by atoms with Gasteiger partial charge in [0.05, 0.1) is 29.5 Å².